The summed E-state index contributed by atoms with van der Waals surface area (Å²) in [5.41, 5.74) is 3.11. The molecule has 7 nitrogen and oxygen atoms in total. The van der Waals surface area contributed by atoms with Gasteiger partial charge in [-0.25, -0.2) is 13.4 Å². The van der Waals surface area contributed by atoms with Crippen LogP contribution in [0.1, 0.15) is 11.4 Å². The second-order valence-corrected chi connectivity index (χ2v) is 7.23. The van der Waals surface area contributed by atoms with Gasteiger partial charge >= 0.3 is 0 Å². The Bertz CT molecular complexity index is 1060. The highest BCUT2D eigenvalue weighted by Crippen LogP contribution is 2.34. The highest BCUT2D eigenvalue weighted by Gasteiger charge is 2.20. The monoisotopic (exact) mass is 345 g/mol. The van der Waals surface area contributed by atoms with Gasteiger partial charge in [-0.05, 0) is 38.1 Å². The Morgan fingerprint density at radius 2 is 1.92 bits per heavy atom. The third kappa shape index (κ3) is 2.35. The first-order valence-electron chi connectivity index (χ1n) is 7.32. The van der Waals surface area contributed by atoms with Crippen LogP contribution in [0, 0.1) is 13.8 Å². The summed E-state index contributed by atoms with van der Waals surface area (Å²) in [7, 11) is -3.73. The Morgan fingerprint density at radius 1 is 1.12 bits per heavy atom. The molecule has 0 amide bonds. The van der Waals surface area contributed by atoms with Crippen molar-refractivity contribution in [1.82, 2.24) is 9.38 Å². The zero-order valence-electron chi connectivity index (χ0n) is 13.1. The fraction of sp³-hybridized carbons (Fsp3) is 0.188. The first-order valence-corrected chi connectivity index (χ1v) is 8.80. The molecule has 0 unspecified atom stereocenters. The van der Waals surface area contributed by atoms with E-state index in [9.17, 15) is 8.42 Å². The maximum absolute atomic E-state index is 12.6. The molecule has 0 aliphatic carbocycles. The average molecular weight is 345 g/mol. The Morgan fingerprint density at radius 3 is 2.75 bits per heavy atom. The summed E-state index contributed by atoms with van der Waals surface area (Å²) >= 11 is 0. The molecule has 1 aliphatic rings. The van der Waals surface area contributed by atoms with Gasteiger partial charge in [0.2, 0.25) is 6.79 Å². The Labute approximate surface area is 138 Å². The SMILES string of the molecule is Cc1nc2ccc(NS(=O)(=O)c3ccc4c(c3)OCO4)cn2c1C. The van der Waals surface area contributed by atoms with Gasteiger partial charge in [-0.15, -0.1) is 0 Å². The molecule has 0 spiro atoms. The lowest BCUT2D eigenvalue weighted by Gasteiger charge is -2.09. The predicted molar refractivity (Wildman–Crippen MR) is 88.0 cm³/mol. The number of anilines is 1. The lowest BCUT2D eigenvalue weighted by Crippen LogP contribution is -2.13. The fourth-order valence-corrected chi connectivity index (χ4v) is 3.66. The van der Waals surface area contributed by atoms with Gasteiger partial charge in [0.05, 0.1) is 16.3 Å². The first-order chi connectivity index (χ1) is 11.4. The molecule has 0 bridgehead atoms. The Kier molecular flexibility index (Phi) is 3.17. The first kappa shape index (κ1) is 14.8. The molecule has 8 heteroatoms. The maximum Gasteiger partial charge on any atom is 0.262 e. The van der Waals surface area contributed by atoms with E-state index in [2.05, 4.69) is 9.71 Å². The topological polar surface area (TPSA) is 81.9 Å². The maximum atomic E-state index is 12.6. The highest BCUT2D eigenvalue weighted by molar-refractivity contribution is 7.92. The lowest BCUT2D eigenvalue weighted by molar-refractivity contribution is 0.174. The second-order valence-electron chi connectivity index (χ2n) is 5.55. The molecule has 3 heterocycles. The molecule has 4 rings (SSSR count). The number of benzene rings is 1. The van der Waals surface area contributed by atoms with E-state index in [0.29, 0.717) is 17.2 Å². The van der Waals surface area contributed by atoms with Gasteiger partial charge in [0, 0.05) is 18.0 Å². The summed E-state index contributed by atoms with van der Waals surface area (Å²) in [5.74, 6) is 0.967. The third-order valence-corrected chi connectivity index (χ3v) is 5.38. The number of pyridine rings is 1. The van der Waals surface area contributed by atoms with Gasteiger partial charge in [0.15, 0.2) is 11.5 Å². The van der Waals surface area contributed by atoms with Crippen LogP contribution in [-0.2, 0) is 10.0 Å². The molecule has 0 radical (unpaired) electrons. The van der Waals surface area contributed by atoms with Crippen molar-refractivity contribution in [3.63, 3.8) is 0 Å². The van der Waals surface area contributed by atoms with E-state index in [1.807, 2.05) is 18.2 Å². The number of ether oxygens (including phenoxy) is 2. The largest absolute Gasteiger partial charge is 0.454 e. The Balaban J connectivity index is 1.70. The zero-order valence-corrected chi connectivity index (χ0v) is 13.9. The molecule has 0 fully saturated rings. The molecule has 0 atom stereocenters. The number of aromatic nitrogens is 2. The van der Waals surface area contributed by atoms with E-state index in [1.165, 1.54) is 12.1 Å². The minimum Gasteiger partial charge on any atom is -0.454 e. The van der Waals surface area contributed by atoms with Gasteiger partial charge in [0.25, 0.3) is 10.0 Å². The van der Waals surface area contributed by atoms with Gasteiger partial charge in [-0.1, -0.05) is 0 Å². The van der Waals surface area contributed by atoms with Crippen molar-refractivity contribution >= 4 is 21.4 Å². The van der Waals surface area contributed by atoms with Gasteiger partial charge < -0.3 is 13.9 Å². The molecule has 0 saturated carbocycles. The van der Waals surface area contributed by atoms with Gasteiger partial charge in [-0.3, -0.25) is 4.72 Å². The van der Waals surface area contributed by atoms with Crippen molar-refractivity contribution in [3.05, 3.63) is 47.9 Å². The van der Waals surface area contributed by atoms with Gasteiger partial charge in [-0.2, -0.15) is 0 Å². The molecule has 1 aliphatic heterocycles. The Hall–Kier alpha value is -2.74. The van der Waals surface area contributed by atoms with E-state index < -0.39 is 10.0 Å². The number of hydrogen-bond acceptors (Lipinski definition) is 5. The van der Waals surface area contributed by atoms with E-state index in [-0.39, 0.29) is 11.7 Å². The van der Waals surface area contributed by atoms with Crippen molar-refractivity contribution < 1.29 is 17.9 Å². The van der Waals surface area contributed by atoms with E-state index in [1.54, 1.807) is 24.4 Å². The minimum atomic E-state index is -3.73. The van der Waals surface area contributed by atoms with E-state index >= 15 is 0 Å². The number of sulfonamides is 1. The molecule has 2 aromatic heterocycles. The normalized spacial score (nSPS) is 13.4. The summed E-state index contributed by atoms with van der Waals surface area (Å²) in [6.07, 6.45) is 1.72. The van der Waals surface area contributed by atoms with Crippen molar-refractivity contribution in [2.45, 2.75) is 18.7 Å². The van der Waals surface area contributed by atoms with Crippen molar-refractivity contribution in [1.29, 1.82) is 0 Å². The average Bonchev–Trinajstić information content (AvgIpc) is 3.12. The molecule has 124 valence electrons. The number of nitrogens with zero attached hydrogens (tertiary/aromatic N) is 2. The molecule has 0 saturated heterocycles. The molecular weight excluding hydrogens is 330 g/mol. The molecule has 24 heavy (non-hydrogen) atoms. The van der Waals surface area contributed by atoms with E-state index in [4.69, 9.17) is 9.47 Å². The zero-order chi connectivity index (χ0) is 16.9. The summed E-state index contributed by atoms with van der Waals surface area (Å²) < 4.78 is 40.1. The summed E-state index contributed by atoms with van der Waals surface area (Å²) in [6.45, 7) is 3.95. The highest BCUT2D eigenvalue weighted by atomic mass is 32.2. The standard InChI is InChI=1S/C16H15N3O4S/c1-10-11(2)19-8-12(3-6-16(19)17-10)18-24(20,21)13-4-5-14-15(7-13)23-9-22-14/h3-8,18H,9H2,1-2H3. The smallest absolute Gasteiger partial charge is 0.262 e. The molecule has 1 aromatic carbocycles. The summed E-state index contributed by atoms with van der Waals surface area (Å²) in [5, 5.41) is 0. The van der Waals surface area contributed by atoms with Crippen LogP contribution in [0.25, 0.3) is 5.65 Å². The minimum absolute atomic E-state index is 0.0994. The van der Waals surface area contributed by atoms with Crippen LogP contribution in [0.4, 0.5) is 5.69 Å². The summed E-state index contributed by atoms with van der Waals surface area (Å²) in [6, 6.07) is 7.99. The predicted octanol–water partition coefficient (Wildman–Crippen LogP) is 2.48. The quantitative estimate of drug-likeness (QED) is 0.789. The van der Waals surface area contributed by atoms with E-state index in [0.717, 1.165) is 17.0 Å². The number of fused-ring (bicyclic) bond motifs is 2. The van der Waals surface area contributed by atoms with Gasteiger partial charge in [0.1, 0.15) is 5.65 Å². The number of aryl methyl sites for hydroxylation is 2. The van der Waals surface area contributed by atoms with Crippen LogP contribution in [0.3, 0.4) is 0 Å². The van der Waals surface area contributed by atoms with Crippen LogP contribution in [-0.4, -0.2) is 24.6 Å². The number of rotatable bonds is 3. The molecular formula is C16H15N3O4S. The second kappa shape index (κ2) is 5.13. The van der Waals surface area contributed by atoms with Crippen LogP contribution in [0.2, 0.25) is 0 Å². The number of imidazole rings is 1. The van der Waals surface area contributed by atoms with Crippen molar-refractivity contribution in [3.8, 4) is 11.5 Å². The van der Waals surface area contributed by atoms with Crippen LogP contribution in [0.5, 0.6) is 11.5 Å². The molecule has 1 N–H and O–H groups in total. The van der Waals surface area contributed by atoms with Crippen LogP contribution >= 0.6 is 0 Å². The van der Waals surface area contributed by atoms with Crippen LogP contribution in [0.15, 0.2) is 41.4 Å². The molecule has 3 aromatic rings. The lowest BCUT2D eigenvalue weighted by atomic mass is 10.3. The number of nitrogens with one attached hydrogen (secondary N) is 1. The van der Waals surface area contributed by atoms with Crippen molar-refractivity contribution in [2.24, 2.45) is 0 Å². The third-order valence-electron chi connectivity index (χ3n) is 4.00. The number of hydrogen-bond donors (Lipinski definition) is 1. The fourth-order valence-electron chi connectivity index (χ4n) is 2.60. The van der Waals surface area contributed by atoms with Crippen molar-refractivity contribution in [2.75, 3.05) is 11.5 Å². The van der Waals surface area contributed by atoms with Crippen LogP contribution < -0.4 is 14.2 Å². The summed E-state index contributed by atoms with van der Waals surface area (Å²) in [4.78, 5) is 4.52.